The maximum Gasteiger partial charge on any atom is 0.214 e. The zero-order valence-corrected chi connectivity index (χ0v) is 8.33. The summed E-state index contributed by atoms with van der Waals surface area (Å²) in [6.45, 7) is 0. The minimum Gasteiger partial charge on any atom is -0.216 e. The van der Waals surface area contributed by atoms with Crippen LogP contribution < -0.4 is 0 Å². The van der Waals surface area contributed by atoms with Crippen molar-refractivity contribution in [3.8, 4) is 11.2 Å². The van der Waals surface area contributed by atoms with Crippen molar-refractivity contribution in [1.82, 2.24) is 0 Å². The smallest absolute Gasteiger partial charge is 0.214 e. The highest BCUT2D eigenvalue weighted by atomic mass is 32.2. The Hall–Kier alpha value is -1.48. The number of hydrogen-bond donors (Lipinski definition) is 0. The van der Waals surface area contributed by atoms with Crippen LogP contribution >= 0.6 is 0 Å². The molecule has 0 bridgehead atoms. The third kappa shape index (κ3) is 2.99. The van der Waals surface area contributed by atoms with E-state index >= 15 is 0 Å². The van der Waals surface area contributed by atoms with Gasteiger partial charge in [0, 0.05) is 5.25 Å². The molecule has 0 unspecified atom stereocenters. The molecule has 0 radical (unpaired) electrons. The topological polar surface area (TPSA) is 34.1 Å². The summed E-state index contributed by atoms with van der Waals surface area (Å²) in [5, 5.41) is 1.72. The molecule has 0 saturated heterocycles. The second-order valence-electron chi connectivity index (χ2n) is 2.72. The Morgan fingerprint density at radius 2 is 1.73 bits per heavy atom. The van der Waals surface area contributed by atoms with Gasteiger partial charge in [0.05, 0.1) is 11.8 Å². The summed E-state index contributed by atoms with van der Waals surface area (Å²) in [6, 6.07) is 1.54. The first-order chi connectivity index (χ1) is 6.81. The van der Waals surface area contributed by atoms with Gasteiger partial charge in [0.2, 0.25) is 9.84 Å². The molecule has 0 heterocycles. The van der Waals surface area contributed by atoms with Crippen molar-refractivity contribution in [1.29, 1.82) is 0 Å². The normalized spacial score (nSPS) is 10.7. The van der Waals surface area contributed by atoms with Crippen molar-refractivity contribution in [2.75, 3.05) is 6.26 Å². The molecule has 15 heavy (non-hydrogen) atoms. The maximum absolute atomic E-state index is 12.9. The van der Waals surface area contributed by atoms with E-state index < -0.39 is 32.9 Å². The fourth-order valence-electron chi connectivity index (χ4n) is 0.770. The Balaban J connectivity index is 3.29. The predicted octanol–water partition coefficient (Wildman–Crippen LogP) is 1.46. The Kier molecular flexibility index (Phi) is 3.05. The fraction of sp³-hybridized carbons (Fsp3) is 0.111. The summed E-state index contributed by atoms with van der Waals surface area (Å²) in [7, 11) is -3.61. The number of rotatable bonds is 0. The van der Waals surface area contributed by atoms with Gasteiger partial charge >= 0.3 is 0 Å². The first-order valence-corrected chi connectivity index (χ1v) is 5.56. The third-order valence-electron chi connectivity index (χ3n) is 1.41. The number of benzene rings is 1. The van der Waals surface area contributed by atoms with Crippen molar-refractivity contribution in [3.63, 3.8) is 0 Å². The third-order valence-corrected chi connectivity index (χ3v) is 1.88. The quantitative estimate of drug-likeness (QED) is 0.503. The summed E-state index contributed by atoms with van der Waals surface area (Å²) in [5.41, 5.74) is -0.501. The molecule has 1 aromatic rings. The van der Waals surface area contributed by atoms with Gasteiger partial charge in [-0.15, -0.1) is 0 Å². The van der Waals surface area contributed by atoms with Crippen LogP contribution in [0.15, 0.2) is 12.1 Å². The Morgan fingerprint density at radius 3 is 2.27 bits per heavy atom. The average molecular weight is 234 g/mol. The molecule has 0 fully saturated rings. The molecule has 1 rings (SSSR count). The Morgan fingerprint density at radius 1 is 1.13 bits per heavy atom. The van der Waals surface area contributed by atoms with E-state index in [1.807, 2.05) is 5.92 Å². The molecule has 2 nitrogen and oxygen atoms in total. The zero-order chi connectivity index (χ0) is 11.6. The summed E-state index contributed by atoms with van der Waals surface area (Å²) in [4.78, 5) is 0. The first-order valence-electron chi connectivity index (χ1n) is 3.67. The summed E-state index contributed by atoms with van der Waals surface area (Å²) >= 11 is 0. The van der Waals surface area contributed by atoms with Gasteiger partial charge in [-0.2, -0.15) is 0 Å². The Bertz CT molecular complexity index is 553. The molecule has 1 aromatic carbocycles. The molecule has 0 aromatic heterocycles. The van der Waals surface area contributed by atoms with Gasteiger partial charge in [0.15, 0.2) is 17.5 Å². The minimum atomic E-state index is -3.61. The van der Waals surface area contributed by atoms with E-state index in [4.69, 9.17) is 0 Å². The molecule has 0 saturated carbocycles. The van der Waals surface area contributed by atoms with Crippen LogP contribution in [-0.4, -0.2) is 14.7 Å². The molecule has 6 heteroatoms. The second-order valence-corrected chi connectivity index (χ2v) is 4.47. The molecule has 0 atom stereocenters. The first kappa shape index (κ1) is 11.6. The molecule has 0 aliphatic heterocycles. The largest absolute Gasteiger partial charge is 0.216 e. The van der Waals surface area contributed by atoms with Crippen molar-refractivity contribution in [2.45, 2.75) is 0 Å². The van der Waals surface area contributed by atoms with Crippen LogP contribution in [0.1, 0.15) is 5.56 Å². The molecule has 0 N–H and O–H groups in total. The van der Waals surface area contributed by atoms with E-state index in [-0.39, 0.29) is 0 Å². The van der Waals surface area contributed by atoms with E-state index in [0.717, 1.165) is 12.3 Å². The van der Waals surface area contributed by atoms with E-state index in [1.54, 1.807) is 5.25 Å². The lowest BCUT2D eigenvalue weighted by atomic mass is 10.2. The van der Waals surface area contributed by atoms with Crippen LogP contribution in [0.2, 0.25) is 0 Å². The number of sulfone groups is 1. The number of hydrogen-bond acceptors (Lipinski definition) is 2. The highest BCUT2D eigenvalue weighted by Crippen LogP contribution is 2.13. The van der Waals surface area contributed by atoms with E-state index in [1.165, 1.54) is 0 Å². The van der Waals surface area contributed by atoms with E-state index in [0.29, 0.717) is 6.07 Å². The highest BCUT2D eigenvalue weighted by Gasteiger charge is 2.11. The van der Waals surface area contributed by atoms with Gasteiger partial charge < -0.3 is 0 Å². The average Bonchev–Trinajstić information content (AvgIpc) is 2.12. The van der Waals surface area contributed by atoms with Crippen LogP contribution in [0.3, 0.4) is 0 Å². The van der Waals surface area contributed by atoms with Gasteiger partial charge in [-0.25, -0.2) is 21.6 Å². The van der Waals surface area contributed by atoms with Crippen LogP contribution in [-0.2, 0) is 9.84 Å². The van der Waals surface area contributed by atoms with E-state index in [9.17, 15) is 21.6 Å². The Labute approximate surface area is 84.6 Å². The predicted molar refractivity (Wildman–Crippen MR) is 48.0 cm³/mol. The molecule has 80 valence electrons. The van der Waals surface area contributed by atoms with Crippen molar-refractivity contribution in [3.05, 3.63) is 35.1 Å². The van der Waals surface area contributed by atoms with Gasteiger partial charge in [-0.1, -0.05) is 0 Å². The standard InChI is InChI=1S/C9H5F3O2S/c1-15(13,14)5-4-6-2-3-7(10)9(12)8(6)11/h2-3H,1H3. The summed E-state index contributed by atoms with van der Waals surface area (Å²) < 4.78 is 59.2. The van der Waals surface area contributed by atoms with Crippen LogP contribution in [0.25, 0.3) is 0 Å². The van der Waals surface area contributed by atoms with Crippen LogP contribution in [0, 0.1) is 28.6 Å². The number of halogens is 3. The monoisotopic (exact) mass is 234 g/mol. The van der Waals surface area contributed by atoms with Crippen molar-refractivity contribution in [2.24, 2.45) is 0 Å². The molecular weight excluding hydrogens is 229 g/mol. The van der Waals surface area contributed by atoms with E-state index in [2.05, 4.69) is 0 Å². The molecule has 0 aliphatic carbocycles. The van der Waals surface area contributed by atoms with Crippen LogP contribution in [0.5, 0.6) is 0 Å². The van der Waals surface area contributed by atoms with Gasteiger partial charge in [0.25, 0.3) is 0 Å². The molecular formula is C9H5F3O2S. The lowest BCUT2D eigenvalue weighted by Crippen LogP contribution is -1.95. The zero-order valence-electron chi connectivity index (χ0n) is 7.51. The van der Waals surface area contributed by atoms with Gasteiger partial charge in [-0.05, 0) is 18.1 Å². The van der Waals surface area contributed by atoms with Crippen molar-refractivity contribution >= 4 is 9.84 Å². The fourth-order valence-corrected chi connectivity index (χ4v) is 1.07. The SMILES string of the molecule is CS(=O)(=O)C#Cc1ccc(F)c(F)c1F. The van der Waals surface area contributed by atoms with Crippen LogP contribution in [0.4, 0.5) is 13.2 Å². The maximum atomic E-state index is 12.9. The molecule has 0 aliphatic rings. The summed E-state index contributed by atoms with van der Waals surface area (Å²) in [5.74, 6) is -2.61. The minimum absolute atomic E-state index is 0.501. The lowest BCUT2D eigenvalue weighted by Gasteiger charge is -1.96. The lowest BCUT2D eigenvalue weighted by molar-refractivity contribution is 0.446. The summed E-state index contributed by atoms with van der Waals surface area (Å²) in [6.07, 6.45) is 0.817. The highest BCUT2D eigenvalue weighted by molar-refractivity contribution is 7.95. The molecule has 0 spiro atoms. The van der Waals surface area contributed by atoms with Gasteiger partial charge in [0.1, 0.15) is 0 Å². The van der Waals surface area contributed by atoms with Gasteiger partial charge in [-0.3, -0.25) is 0 Å². The molecule has 0 amide bonds. The second kappa shape index (κ2) is 3.95. The van der Waals surface area contributed by atoms with Crippen molar-refractivity contribution < 1.29 is 21.6 Å².